The van der Waals surface area contributed by atoms with Crippen LogP contribution < -0.4 is 25.8 Å². The molecule has 3 unspecified atom stereocenters. The van der Waals surface area contributed by atoms with E-state index in [1.165, 1.54) is 27.9 Å². The highest BCUT2D eigenvalue weighted by Gasteiger charge is 2.34. The number of nitrogens with one attached hydrogen (secondary N) is 2. The Hall–Kier alpha value is -3.99. The lowest BCUT2D eigenvalue weighted by Gasteiger charge is -2.37. The zero-order valence-corrected chi connectivity index (χ0v) is 27.1. The molecule has 3 atom stereocenters. The Morgan fingerprint density at radius 1 is 1.07 bits per heavy atom. The third-order valence-electron chi connectivity index (χ3n) is 8.45. The van der Waals surface area contributed by atoms with Gasteiger partial charge in [0.1, 0.15) is 5.75 Å². The predicted octanol–water partition coefficient (Wildman–Crippen LogP) is 6.40. The number of rotatable bonds is 14. The molecular formula is C34H45F2N5O4. The van der Waals surface area contributed by atoms with Crippen LogP contribution in [0.1, 0.15) is 76.5 Å². The normalized spacial score (nSPS) is 17.6. The van der Waals surface area contributed by atoms with Crippen molar-refractivity contribution < 1.29 is 23.0 Å². The number of benzene rings is 2. The Morgan fingerprint density at radius 2 is 1.82 bits per heavy atom. The molecule has 0 spiro atoms. The first-order valence-corrected chi connectivity index (χ1v) is 15.7. The van der Waals surface area contributed by atoms with Gasteiger partial charge in [0.15, 0.2) is 11.6 Å². The van der Waals surface area contributed by atoms with E-state index in [2.05, 4.69) is 29.7 Å². The summed E-state index contributed by atoms with van der Waals surface area (Å²) in [6.07, 6.45) is 4.38. The highest BCUT2D eigenvalue weighted by Crippen LogP contribution is 2.37. The average molecular weight is 626 g/mol. The van der Waals surface area contributed by atoms with Gasteiger partial charge in [-0.15, -0.1) is 0 Å². The number of amides is 1. The van der Waals surface area contributed by atoms with Gasteiger partial charge in [-0.25, -0.2) is 14.1 Å². The summed E-state index contributed by atoms with van der Waals surface area (Å²) in [5.74, 6) is -1.80. The number of aromatic nitrogens is 2. The Morgan fingerprint density at radius 3 is 2.51 bits per heavy atom. The van der Waals surface area contributed by atoms with Crippen LogP contribution in [-0.4, -0.2) is 47.5 Å². The number of hydrogen-bond donors (Lipinski definition) is 2. The monoisotopic (exact) mass is 625 g/mol. The van der Waals surface area contributed by atoms with Gasteiger partial charge in [0, 0.05) is 43.2 Å². The van der Waals surface area contributed by atoms with Gasteiger partial charge in [-0.3, -0.25) is 15.0 Å². The van der Waals surface area contributed by atoms with Crippen molar-refractivity contribution in [1.82, 2.24) is 20.2 Å². The standard InChI is InChI=1S/C34H45F2N5O4/c1-7-11-23(8-2)37-33-22(4)24(12-16-28(33)44-6)26-14-17-30(43)41(38-26)18-9-10-19-45-27-15-13-25(31(35)32(27)36)34-21(3)20-29(42)39-40(34)5/h12-17,21,23,34,37H,7-11,18-20H2,1-6H3,(H,39,42). The van der Waals surface area contributed by atoms with E-state index in [9.17, 15) is 14.0 Å². The molecule has 0 saturated carbocycles. The van der Waals surface area contributed by atoms with Crippen LogP contribution >= 0.6 is 0 Å². The van der Waals surface area contributed by atoms with Crippen LogP contribution in [0.25, 0.3) is 11.3 Å². The predicted molar refractivity (Wildman–Crippen MR) is 171 cm³/mol. The molecule has 244 valence electrons. The number of unbranched alkanes of at least 4 members (excludes halogenated alkanes) is 1. The second kappa shape index (κ2) is 15.3. The zero-order valence-electron chi connectivity index (χ0n) is 27.1. The summed E-state index contributed by atoms with van der Waals surface area (Å²) in [4.78, 5) is 24.4. The summed E-state index contributed by atoms with van der Waals surface area (Å²) >= 11 is 0. The van der Waals surface area contributed by atoms with E-state index in [0.29, 0.717) is 31.1 Å². The summed E-state index contributed by atoms with van der Waals surface area (Å²) in [6.45, 7) is 8.67. The highest BCUT2D eigenvalue weighted by molar-refractivity contribution is 5.77. The molecular weight excluding hydrogens is 580 g/mol. The molecule has 0 aliphatic carbocycles. The lowest BCUT2D eigenvalue weighted by Crippen LogP contribution is -2.49. The summed E-state index contributed by atoms with van der Waals surface area (Å²) in [7, 11) is 3.29. The maximum Gasteiger partial charge on any atom is 0.266 e. The number of ether oxygens (including phenoxy) is 2. The first kappa shape index (κ1) is 33.9. The van der Waals surface area contributed by atoms with E-state index in [1.807, 2.05) is 26.0 Å². The summed E-state index contributed by atoms with van der Waals surface area (Å²) in [6, 6.07) is 9.85. The Bertz CT molecular complexity index is 1530. The lowest BCUT2D eigenvalue weighted by atomic mass is 9.89. The number of hydrazine groups is 1. The topological polar surface area (TPSA) is 97.7 Å². The van der Waals surface area contributed by atoms with Crippen LogP contribution in [0.5, 0.6) is 11.5 Å². The molecule has 2 heterocycles. The van der Waals surface area contributed by atoms with Crippen molar-refractivity contribution in [2.24, 2.45) is 5.92 Å². The van der Waals surface area contributed by atoms with Crippen molar-refractivity contribution in [3.8, 4) is 22.8 Å². The third-order valence-corrected chi connectivity index (χ3v) is 8.45. The number of aryl methyl sites for hydroxylation is 1. The van der Waals surface area contributed by atoms with Gasteiger partial charge < -0.3 is 14.8 Å². The van der Waals surface area contributed by atoms with Crippen LogP contribution in [-0.2, 0) is 11.3 Å². The number of hydrogen-bond acceptors (Lipinski definition) is 7. The minimum absolute atomic E-state index is 0.142. The SMILES string of the molecule is CCCC(CC)Nc1c(OC)ccc(-c2ccc(=O)n(CCCCOc3ccc(C4C(C)CC(=O)NN4C)c(F)c3F)n2)c1C. The van der Waals surface area contributed by atoms with Crippen molar-refractivity contribution in [2.45, 2.75) is 84.8 Å². The van der Waals surface area contributed by atoms with Gasteiger partial charge in [-0.1, -0.05) is 33.3 Å². The van der Waals surface area contributed by atoms with E-state index in [4.69, 9.17) is 9.47 Å². The first-order chi connectivity index (χ1) is 21.6. The van der Waals surface area contributed by atoms with Gasteiger partial charge in [0.05, 0.1) is 31.1 Å². The minimum Gasteiger partial charge on any atom is -0.495 e. The maximum absolute atomic E-state index is 15.1. The molecule has 1 fully saturated rings. The van der Waals surface area contributed by atoms with E-state index < -0.39 is 17.7 Å². The second-order valence-electron chi connectivity index (χ2n) is 11.7. The zero-order chi connectivity index (χ0) is 32.7. The third kappa shape index (κ3) is 7.81. The number of nitrogens with zero attached hydrogens (tertiary/aromatic N) is 3. The molecule has 1 aromatic heterocycles. The fraction of sp³-hybridized carbons (Fsp3) is 0.500. The molecule has 0 bridgehead atoms. The number of anilines is 1. The molecule has 3 aromatic rings. The van der Waals surface area contributed by atoms with Crippen LogP contribution in [0.15, 0.2) is 41.2 Å². The van der Waals surface area contributed by atoms with Crippen molar-refractivity contribution in [3.05, 3.63) is 69.5 Å². The van der Waals surface area contributed by atoms with E-state index in [0.717, 1.165) is 41.8 Å². The number of halogens is 2. The van der Waals surface area contributed by atoms with E-state index in [-0.39, 0.29) is 41.7 Å². The second-order valence-corrected chi connectivity index (χ2v) is 11.7. The molecule has 11 heteroatoms. The molecule has 1 aliphatic rings. The molecule has 4 rings (SSSR count). The average Bonchev–Trinajstić information content (AvgIpc) is 3.01. The van der Waals surface area contributed by atoms with Crippen LogP contribution in [0.4, 0.5) is 14.5 Å². The fourth-order valence-corrected chi connectivity index (χ4v) is 6.04. The van der Waals surface area contributed by atoms with Crippen LogP contribution in [0, 0.1) is 24.5 Å². The summed E-state index contributed by atoms with van der Waals surface area (Å²) in [5.41, 5.74) is 6.10. The van der Waals surface area contributed by atoms with Gasteiger partial charge >= 0.3 is 0 Å². The van der Waals surface area contributed by atoms with Crippen molar-refractivity contribution >= 4 is 11.6 Å². The van der Waals surface area contributed by atoms with Crippen molar-refractivity contribution in [2.75, 3.05) is 26.1 Å². The Kier molecular flexibility index (Phi) is 11.6. The van der Waals surface area contributed by atoms with Gasteiger partial charge in [0.2, 0.25) is 11.7 Å². The van der Waals surface area contributed by atoms with Crippen molar-refractivity contribution in [3.63, 3.8) is 0 Å². The molecule has 0 radical (unpaired) electrons. The van der Waals surface area contributed by atoms with Crippen LogP contribution in [0.2, 0.25) is 0 Å². The van der Waals surface area contributed by atoms with Gasteiger partial charge in [-0.05, 0) is 68.4 Å². The fourth-order valence-electron chi connectivity index (χ4n) is 6.04. The first-order valence-electron chi connectivity index (χ1n) is 15.7. The Labute approximate surface area is 263 Å². The smallest absolute Gasteiger partial charge is 0.266 e. The number of carbonyl (C=O) groups is 1. The molecule has 9 nitrogen and oxygen atoms in total. The molecule has 2 aromatic carbocycles. The molecule has 45 heavy (non-hydrogen) atoms. The highest BCUT2D eigenvalue weighted by atomic mass is 19.2. The number of carbonyl (C=O) groups excluding carboxylic acids is 1. The molecule has 1 saturated heterocycles. The molecule has 2 N–H and O–H groups in total. The van der Waals surface area contributed by atoms with Gasteiger partial charge in [0.25, 0.3) is 5.56 Å². The minimum atomic E-state index is -1.06. The van der Waals surface area contributed by atoms with E-state index in [1.54, 1.807) is 20.2 Å². The number of methoxy groups -OCH3 is 1. The summed E-state index contributed by atoms with van der Waals surface area (Å²) in [5, 5.41) is 9.80. The molecule has 1 aliphatic heterocycles. The maximum atomic E-state index is 15.1. The van der Waals surface area contributed by atoms with Gasteiger partial charge in [-0.2, -0.15) is 9.49 Å². The Balaban J connectivity index is 1.40. The van der Waals surface area contributed by atoms with Crippen LogP contribution in [0.3, 0.4) is 0 Å². The van der Waals surface area contributed by atoms with E-state index >= 15 is 4.39 Å². The van der Waals surface area contributed by atoms with Crippen molar-refractivity contribution in [1.29, 1.82) is 0 Å². The quantitative estimate of drug-likeness (QED) is 0.200. The summed E-state index contributed by atoms with van der Waals surface area (Å²) < 4.78 is 42.7. The lowest BCUT2D eigenvalue weighted by molar-refractivity contribution is -0.132. The molecule has 1 amide bonds. The largest absolute Gasteiger partial charge is 0.495 e.